The van der Waals surface area contributed by atoms with Gasteiger partial charge in [-0.25, -0.2) is 0 Å². The number of hydrogen-bond acceptors (Lipinski definition) is 5. The van der Waals surface area contributed by atoms with Gasteiger partial charge in [0, 0.05) is 12.5 Å². The Balaban J connectivity index is 1.97. The molecule has 2 atom stereocenters. The molecule has 0 amide bonds. The maximum absolute atomic E-state index is 12.0. The summed E-state index contributed by atoms with van der Waals surface area (Å²) < 4.78 is 29.2. The SMILES string of the molecule is Cc1ccc(S(=O)(=O)OC[C@H]2CCN(C)C[C@H]2O)cc1. The van der Waals surface area contributed by atoms with Crippen molar-refractivity contribution in [3.63, 3.8) is 0 Å². The standard InChI is InChI=1S/C14H21NO4S/c1-11-3-5-13(6-4-11)20(17,18)19-10-12-7-8-15(2)9-14(12)16/h3-6,12,14,16H,7-10H2,1-2H3/t12-,14-/m1/s1. The van der Waals surface area contributed by atoms with Gasteiger partial charge in [0.1, 0.15) is 0 Å². The average molecular weight is 299 g/mol. The summed E-state index contributed by atoms with van der Waals surface area (Å²) in [5.74, 6) is -0.133. The molecular formula is C14H21NO4S. The molecule has 2 rings (SSSR count). The molecule has 0 spiro atoms. The molecule has 6 heteroatoms. The van der Waals surface area contributed by atoms with Gasteiger partial charge in [-0.15, -0.1) is 0 Å². The number of nitrogens with zero attached hydrogens (tertiary/aromatic N) is 1. The van der Waals surface area contributed by atoms with Gasteiger partial charge in [-0.2, -0.15) is 8.42 Å². The van der Waals surface area contributed by atoms with Gasteiger partial charge in [0.15, 0.2) is 0 Å². The molecule has 1 aliphatic rings. The molecule has 0 unspecified atom stereocenters. The molecule has 0 aromatic heterocycles. The quantitative estimate of drug-likeness (QED) is 0.841. The van der Waals surface area contributed by atoms with Gasteiger partial charge < -0.3 is 10.0 Å². The number of piperidine rings is 1. The Morgan fingerprint density at radius 2 is 2.00 bits per heavy atom. The Morgan fingerprint density at radius 3 is 2.60 bits per heavy atom. The number of aliphatic hydroxyl groups excluding tert-OH is 1. The van der Waals surface area contributed by atoms with E-state index in [0.717, 1.165) is 18.5 Å². The van der Waals surface area contributed by atoms with Crippen molar-refractivity contribution in [1.29, 1.82) is 0 Å². The van der Waals surface area contributed by atoms with E-state index in [4.69, 9.17) is 4.18 Å². The van der Waals surface area contributed by atoms with Crippen molar-refractivity contribution in [2.45, 2.75) is 24.3 Å². The molecule has 1 fully saturated rings. The van der Waals surface area contributed by atoms with Crippen LogP contribution in [-0.4, -0.2) is 51.3 Å². The van der Waals surface area contributed by atoms with Gasteiger partial charge in [-0.3, -0.25) is 4.18 Å². The minimum atomic E-state index is -3.74. The van der Waals surface area contributed by atoms with Crippen LogP contribution in [0.15, 0.2) is 29.2 Å². The van der Waals surface area contributed by atoms with Crippen LogP contribution in [0.1, 0.15) is 12.0 Å². The molecule has 1 heterocycles. The van der Waals surface area contributed by atoms with Crippen LogP contribution in [0, 0.1) is 12.8 Å². The molecule has 112 valence electrons. The lowest BCUT2D eigenvalue weighted by Crippen LogP contribution is -2.43. The summed E-state index contributed by atoms with van der Waals surface area (Å²) in [6.45, 7) is 3.33. The highest BCUT2D eigenvalue weighted by molar-refractivity contribution is 7.86. The molecule has 0 radical (unpaired) electrons. The molecule has 1 aliphatic heterocycles. The number of likely N-dealkylation sites (tertiary alicyclic amines) is 1. The van der Waals surface area contributed by atoms with Crippen LogP contribution in [0.25, 0.3) is 0 Å². The largest absolute Gasteiger partial charge is 0.391 e. The van der Waals surface area contributed by atoms with E-state index in [9.17, 15) is 13.5 Å². The lowest BCUT2D eigenvalue weighted by Gasteiger charge is -2.33. The molecule has 0 saturated carbocycles. The molecule has 1 saturated heterocycles. The summed E-state index contributed by atoms with van der Waals surface area (Å²) in [5.41, 5.74) is 0.995. The van der Waals surface area contributed by atoms with E-state index in [0.29, 0.717) is 6.54 Å². The number of benzene rings is 1. The van der Waals surface area contributed by atoms with Gasteiger partial charge in [-0.1, -0.05) is 17.7 Å². The first-order chi connectivity index (χ1) is 9.38. The van der Waals surface area contributed by atoms with Crippen molar-refractivity contribution in [3.05, 3.63) is 29.8 Å². The number of aliphatic hydroxyl groups is 1. The van der Waals surface area contributed by atoms with Crippen molar-refractivity contribution in [1.82, 2.24) is 4.90 Å². The minimum Gasteiger partial charge on any atom is -0.391 e. The van der Waals surface area contributed by atoms with E-state index in [1.807, 2.05) is 18.9 Å². The summed E-state index contributed by atoms with van der Waals surface area (Å²) in [6.07, 6.45) is 0.197. The van der Waals surface area contributed by atoms with E-state index in [-0.39, 0.29) is 17.4 Å². The van der Waals surface area contributed by atoms with E-state index in [1.54, 1.807) is 12.1 Å². The van der Waals surface area contributed by atoms with Crippen LogP contribution in [0.3, 0.4) is 0 Å². The Bertz CT molecular complexity index is 541. The van der Waals surface area contributed by atoms with Crippen molar-refractivity contribution < 1.29 is 17.7 Å². The number of likely N-dealkylation sites (N-methyl/N-ethyl adjacent to an activating group) is 1. The maximum Gasteiger partial charge on any atom is 0.296 e. The molecule has 0 aliphatic carbocycles. The second kappa shape index (κ2) is 6.22. The van der Waals surface area contributed by atoms with E-state index < -0.39 is 16.2 Å². The highest BCUT2D eigenvalue weighted by Crippen LogP contribution is 2.20. The fraction of sp³-hybridized carbons (Fsp3) is 0.571. The molecule has 1 aromatic rings. The first-order valence-electron chi connectivity index (χ1n) is 6.71. The Morgan fingerprint density at radius 1 is 1.35 bits per heavy atom. The molecule has 0 bridgehead atoms. The van der Waals surface area contributed by atoms with Crippen molar-refractivity contribution in [2.75, 3.05) is 26.7 Å². The van der Waals surface area contributed by atoms with Crippen molar-refractivity contribution in [3.8, 4) is 0 Å². The third kappa shape index (κ3) is 3.79. The van der Waals surface area contributed by atoms with Crippen LogP contribution < -0.4 is 0 Å². The van der Waals surface area contributed by atoms with Crippen LogP contribution in [0.5, 0.6) is 0 Å². The molecule has 1 N–H and O–H groups in total. The van der Waals surface area contributed by atoms with Crippen LogP contribution in [-0.2, 0) is 14.3 Å². The van der Waals surface area contributed by atoms with Crippen LogP contribution >= 0.6 is 0 Å². The fourth-order valence-corrected chi connectivity index (χ4v) is 3.24. The second-order valence-electron chi connectivity index (χ2n) is 5.43. The zero-order chi connectivity index (χ0) is 14.8. The first kappa shape index (κ1) is 15.4. The highest BCUT2D eigenvalue weighted by Gasteiger charge is 2.28. The molecule has 20 heavy (non-hydrogen) atoms. The zero-order valence-corrected chi connectivity index (χ0v) is 12.6. The Kier molecular flexibility index (Phi) is 4.80. The Hall–Kier alpha value is -0.950. The third-order valence-electron chi connectivity index (χ3n) is 3.67. The van der Waals surface area contributed by atoms with Gasteiger partial charge in [-0.05, 0) is 39.1 Å². The molecule has 5 nitrogen and oxygen atoms in total. The van der Waals surface area contributed by atoms with E-state index in [2.05, 4.69) is 0 Å². The number of β-amino-alcohol motifs (C(OH)–C–C–N with tert-alkyl or cyclic N) is 1. The predicted octanol–water partition coefficient (Wildman–Crippen LogP) is 1.01. The summed E-state index contributed by atoms with van der Waals surface area (Å²) in [6, 6.07) is 6.55. The maximum atomic E-state index is 12.0. The van der Waals surface area contributed by atoms with Gasteiger partial charge in [0.2, 0.25) is 0 Å². The number of aryl methyl sites for hydroxylation is 1. The normalized spacial score (nSPS) is 24.8. The van der Waals surface area contributed by atoms with Crippen LogP contribution in [0.4, 0.5) is 0 Å². The summed E-state index contributed by atoms with van der Waals surface area (Å²) in [7, 11) is -1.80. The average Bonchev–Trinajstić information content (AvgIpc) is 2.38. The first-order valence-corrected chi connectivity index (χ1v) is 8.12. The van der Waals surface area contributed by atoms with Crippen molar-refractivity contribution >= 4 is 10.1 Å². The monoisotopic (exact) mass is 299 g/mol. The smallest absolute Gasteiger partial charge is 0.296 e. The third-order valence-corrected chi connectivity index (χ3v) is 4.97. The fourth-order valence-electron chi connectivity index (χ4n) is 2.28. The number of hydrogen-bond donors (Lipinski definition) is 1. The predicted molar refractivity (Wildman–Crippen MR) is 75.9 cm³/mol. The summed E-state index contributed by atoms with van der Waals surface area (Å²) >= 11 is 0. The van der Waals surface area contributed by atoms with Gasteiger partial charge in [0.05, 0.1) is 17.6 Å². The lowest BCUT2D eigenvalue weighted by molar-refractivity contribution is 0.0128. The van der Waals surface area contributed by atoms with Crippen molar-refractivity contribution in [2.24, 2.45) is 5.92 Å². The zero-order valence-electron chi connectivity index (χ0n) is 11.8. The van der Waals surface area contributed by atoms with Gasteiger partial charge >= 0.3 is 0 Å². The highest BCUT2D eigenvalue weighted by atomic mass is 32.2. The second-order valence-corrected chi connectivity index (χ2v) is 7.05. The summed E-state index contributed by atoms with van der Waals surface area (Å²) in [4.78, 5) is 2.18. The van der Waals surface area contributed by atoms with Gasteiger partial charge in [0.25, 0.3) is 10.1 Å². The topological polar surface area (TPSA) is 66.8 Å². The Labute approximate surface area is 120 Å². The molecular weight excluding hydrogens is 278 g/mol. The number of rotatable bonds is 4. The lowest BCUT2D eigenvalue weighted by atomic mass is 9.95. The van der Waals surface area contributed by atoms with E-state index in [1.165, 1.54) is 12.1 Å². The van der Waals surface area contributed by atoms with E-state index >= 15 is 0 Å². The summed E-state index contributed by atoms with van der Waals surface area (Å²) in [5, 5.41) is 9.93. The molecule has 1 aromatic carbocycles. The minimum absolute atomic E-state index is 0.0330. The van der Waals surface area contributed by atoms with Crippen LogP contribution in [0.2, 0.25) is 0 Å².